The van der Waals surface area contributed by atoms with Crippen molar-refractivity contribution in [3.8, 4) is 5.75 Å². The van der Waals surface area contributed by atoms with Crippen LogP contribution in [0.3, 0.4) is 0 Å². The number of hydrogen-bond donors (Lipinski definition) is 1. The van der Waals surface area contributed by atoms with E-state index >= 15 is 0 Å². The van der Waals surface area contributed by atoms with E-state index in [1.54, 1.807) is 24.3 Å². The molecule has 1 N–H and O–H groups in total. The maximum atomic E-state index is 12.4. The number of ether oxygens (including phenoxy) is 3. The Morgan fingerprint density at radius 2 is 1.75 bits per heavy atom. The third kappa shape index (κ3) is 5.33. The van der Waals surface area contributed by atoms with Gasteiger partial charge in [-0.3, -0.25) is 14.5 Å². The van der Waals surface area contributed by atoms with Crippen LogP contribution in [0.25, 0.3) is 0 Å². The van der Waals surface area contributed by atoms with Crippen LogP contribution < -0.4 is 10.1 Å². The molecule has 168 valence electrons. The van der Waals surface area contributed by atoms with Gasteiger partial charge in [-0.1, -0.05) is 12.1 Å². The lowest BCUT2D eigenvalue weighted by atomic mass is 10.1. The zero-order chi connectivity index (χ0) is 22.7. The quantitative estimate of drug-likeness (QED) is 0.547. The average Bonchev–Trinajstić information content (AvgIpc) is 2.76. The molecule has 8 nitrogen and oxygen atoms in total. The first-order chi connectivity index (χ1) is 15.4. The number of Topliss-reactive ketones (excluding diaryl/α,β-unsaturated/α-hetero) is 1. The highest BCUT2D eigenvalue weighted by Crippen LogP contribution is 2.28. The Morgan fingerprint density at radius 1 is 1.06 bits per heavy atom. The lowest BCUT2D eigenvalue weighted by Crippen LogP contribution is -2.44. The van der Waals surface area contributed by atoms with Gasteiger partial charge in [0.1, 0.15) is 5.75 Å². The topological polar surface area (TPSA) is 94.2 Å². The minimum Gasteiger partial charge on any atom is -0.482 e. The lowest BCUT2D eigenvalue weighted by molar-refractivity contribution is -0.118. The number of morpholine rings is 1. The Kier molecular flexibility index (Phi) is 6.53. The molecule has 2 aliphatic rings. The van der Waals surface area contributed by atoms with Gasteiger partial charge in [0, 0.05) is 25.2 Å². The van der Waals surface area contributed by atoms with Gasteiger partial charge in [0.2, 0.25) is 0 Å². The molecule has 32 heavy (non-hydrogen) atoms. The van der Waals surface area contributed by atoms with E-state index in [1.807, 2.05) is 12.1 Å². The Hall–Kier alpha value is -3.23. The van der Waals surface area contributed by atoms with Crippen LogP contribution in [0.2, 0.25) is 0 Å². The smallest absolute Gasteiger partial charge is 0.338 e. The maximum absolute atomic E-state index is 12.4. The van der Waals surface area contributed by atoms with Crippen LogP contribution in [-0.4, -0.2) is 61.1 Å². The largest absolute Gasteiger partial charge is 0.482 e. The minimum absolute atomic E-state index is 0.0542. The van der Waals surface area contributed by atoms with Gasteiger partial charge in [-0.25, -0.2) is 4.79 Å². The Labute approximate surface area is 186 Å². The van der Waals surface area contributed by atoms with Crippen molar-refractivity contribution in [2.24, 2.45) is 0 Å². The van der Waals surface area contributed by atoms with Crippen molar-refractivity contribution in [1.29, 1.82) is 0 Å². The summed E-state index contributed by atoms with van der Waals surface area (Å²) in [7, 11) is 0. The van der Waals surface area contributed by atoms with Gasteiger partial charge in [0.25, 0.3) is 5.91 Å². The average molecular weight is 438 g/mol. The number of fused-ring (bicyclic) bond motifs is 1. The van der Waals surface area contributed by atoms with Gasteiger partial charge >= 0.3 is 5.97 Å². The molecule has 8 heteroatoms. The van der Waals surface area contributed by atoms with Gasteiger partial charge in [0.05, 0.1) is 23.5 Å². The molecule has 2 aliphatic heterocycles. The Morgan fingerprint density at radius 3 is 2.47 bits per heavy atom. The van der Waals surface area contributed by atoms with Crippen LogP contribution in [0, 0.1) is 0 Å². The fourth-order valence-corrected chi connectivity index (χ4v) is 3.97. The number of rotatable bonds is 6. The molecule has 0 radical (unpaired) electrons. The first kappa shape index (κ1) is 22.0. The van der Waals surface area contributed by atoms with Gasteiger partial charge in [-0.15, -0.1) is 0 Å². The predicted molar refractivity (Wildman–Crippen MR) is 117 cm³/mol. The molecule has 1 fully saturated rings. The highest BCUT2D eigenvalue weighted by molar-refractivity contribution is 6.02. The Balaban J connectivity index is 1.31. The van der Waals surface area contributed by atoms with Gasteiger partial charge < -0.3 is 19.5 Å². The van der Waals surface area contributed by atoms with E-state index in [1.165, 1.54) is 6.07 Å². The van der Waals surface area contributed by atoms with Crippen molar-refractivity contribution in [2.45, 2.75) is 32.6 Å². The van der Waals surface area contributed by atoms with E-state index in [0.29, 0.717) is 22.6 Å². The number of benzene rings is 2. The second-order valence-corrected chi connectivity index (χ2v) is 8.20. The summed E-state index contributed by atoms with van der Waals surface area (Å²) < 4.78 is 16.2. The highest BCUT2D eigenvalue weighted by Gasteiger charge is 2.22. The monoisotopic (exact) mass is 438 g/mol. The molecule has 2 atom stereocenters. The van der Waals surface area contributed by atoms with E-state index in [0.717, 1.165) is 25.2 Å². The number of nitrogens with one attached hydrogen (secondary N) is 1. The number of carbonyl (C=O) groups excluding carboxylic acids is 3. The predicted octanol–water partition coefficient (Wildman–Crippen LogP) is 2.67. The third-order valence-corrected chi connectivity index (χ3v) is 5.36. The van der Waals surface area contributed by atoms with Crippen molar-refractivity contribution in [2.75, 3.05) is 31.6 Å². The molecular formula is C24H26N2O6. The van der Waals surface area contributed by atoms with Crippen LogP contribution in [0.5, 0.6) is 5.75 Å². The van der Waals surface area contributed by atoms with Crippen LogP contribution in [0.15, 0.2) is 42.5 Å². The molecule has 2 heterocycles. The second kappa shape index (κ2) is 9.50. The van der Waals surface area contributed by atoms with Crippen LogP contribution in [0.1, 0.15) is 40.1 Å². The molecule has 0 aromatic heterocycles. The van der Waals surface area contributed by atoms with E-state index in [2.05, 4.69) is 24.1 Å². The Bertz CT molecular complexity index is 1010. The number of amides is 1. The number of carbonyl (C=O) groups is 3. The van der Waals surface area contributed by atoms with Gasteiger partial charge in [0.15, 0.2) is 19.0 Å². The van der Waals surface area contributed by atoms with Gasteiger partial charge in [-0.05, 0) is 49.7 Å². The molecule has 0 bridgehead atoms. The molecule has 1 saturated heterocycles. The van der Waals surface area contributed by atoms with Crippen molar-refractivity contribution >= 4 is 23.3 Å². The first-order valence-corrected chi connectivity index (χ1v) is 10.6. The fraction of sp³-hybridized carbons (Fsp3) is 0.375. The number of nitrogens with zero attached hydrogens (tertiary/aromatic N) is 1. The zero-order valence-electron chi connectivity index (χ0n) is 18.1. The van der Waals surface area contributed by atoms with Crippen LogP contribution in [0.4, 0.5) is 5.69 Å². The van der Waals surface area contributed by atoms with Crippen LogP contribution in [-0.2, 0) is 20.8 Å². The normalized spacial score (nSPS) is 20.6. The first-order valence-electron chi connectivity index (χ1n) is 10.6. The maximum Gasteiger partial charge on any atom is 0.338 e. The molecular weight excluding hydrogens is 412 g/mol. The molecule has 4 rings (SSSR count). The van der Waals surface area contributed by atoms with Crippen LogP contribution >= 0.6 is 0 Å². The summed E-state index contributed by atoms with van der Waals surface area (Å²) >= 11 is 0. The third-order valence-electron chi connectivity index (χ3n) is 5.36. The molecule has 2 aromatic carbocycles. The summed E-state index contributed by atoms with van der Waals surface area (Å²) in [5, 5.41) is 2.65. The fourth-order valence-electron chi connectivity index (χ4n) is 3.97. The van der Waals surface area contributed by atoms with Crippen molar-refractivity contribution in [3.63, 3.8) is 0 Å². The number of anilines is 1. The zero-order valence-corrected chi connectivity index (χ0v) is 18.1. The summed E-state index contributed by atoms with van der Waals surface area (Å²) in [4.78, 5) is 38.6. The highest BCUT2D eigenvalue weighted by atomic mass is 16.5. The number of hydrogen-bond acceptors (Lipinski definition) is 7. The molecule has 0 saturated carbocycles. The summed E-state index contributed by atoms with van der Waals surface area (Å²) in [6.07, 6.45) is 0.397. The standard InChI is InChI=1S/C24H26N2O6/c1-15-10-26(11-16(2)32-15)12-17-3-5-18(6-4-17)24(29)31-13-21(27)19-7-8-22-20(9-19)25-23(28)14-30-22/h3-9,15-16H,10-14H2,1-2H3,(H,25,28). The molecule has 0 aliphatic carbocycles. The molecule has 0 spiro atoms. The molecule has 2 aromatic rings. The molecule has 1 amide bonds. The van der Waals surface area contributed by atoms with Crippen molar-refractivity contribution in [3.05, 3.63) is 59.2 Å². The van der Waals surface area contributed by atoms with Gasteiger partial charge in [-0.2, -0.15) is 0 Å². The van der Waals surface area contributed by atoms with E-state index in [9.17, 15) is 14.4 Å². The van der Waals surface area contributed by atoms with Crippen molar-refractivity contribution in [1.82, 2.24) is 4.90 Å². The summed E-state index contributed by atoms with van der Waals surface area (Å²) in [5.41, 5.74) is 2.23. The summed E-state index contributed by atoms with van der Waals surface area (Å²) in [6, 6.07) is 11.9. The number of ketones is 1. The van der Waals surface area contributed by atoms with E-state index in [4.69, 9.17) is 14.2 Å². The van der Waals surface area contributed by atoms with E-state index in [-0.39, 0.29) is 30.5 Å². The number of esters is 1. The summed E-state index contributed by atoms with van der Waals surface area (Å²) in [6.45, 7) is 6.21. The lowest BCUT2D eigenvalue weighted by Gasteiger charge is -2.35. The molecule has 2 unspecified atom stereocenters. The summed E-state index contributed by atoms with van der Waals surface area (Å²) in [5.74, 6) is -0.713. The minimum atomic E-state index is -0.562. The van der Waals surface area contributed by atoms with Crippen molar-refractivity contribution < 1.29 is 28.6 Å². The van der Waals surface area contributed by atoms with E-state index < -0.39 is 12.6 Å². The SMILES string of the molecule is CC1CN(Cc2ccc(C(=O)OCC(=O)c3ccc4c(c3)NC(=O)CO4)cc2)CC(C)O1. The second-order valence-electron chi connectivity index (χ2n) is 8.20.